The van der Waals surface area contributed by atoms with Gasteiger partial charge in [0.2, 0.25) is 0 Å². The van der Waals surface area contributed by atoms with Crippen molar-refractivity contribution in [2.24, 2.45) is 0 Å². The molecule has 0 heterocycles. The van der Waals surface area contributed by atoms with E-state index in [1.54, 1.807) is 6.07 Å². The highest BCUT2D eigenvalue weighted by atomic mass is 16.6. The van der Waals surface area contributed by atoms with Crippen LogP contribution >= 0.6 is 0 Å². The fourth-order valence-corrected chi connectivity index (χ4v) is 3.08. The molecule has 1 aliphatic carbocycles. The van der Waals surface area contributed by atoms with Gasteiger partial charge in [-0.1, -0.05) is 12.1 Å². The second-order valence-corrected chi connectivity index (χ2v) is 6.25. The Morgan fingerprint density at radius 2 is 2.00 bits per heavy atom. The fourth-order valence-electron chi connectivity index (χ4n) is 3.08. The van der Waals surface area contributed by atoms with Crippen LogP contribution in [-0.2, 0) is 6.54 Å². The number of nitro benzene ring substituents is 1. The molecular weight excluding hydrogens is 268 g/mol. The third-order valence-corrected chi connectivity index (χ3v) is 4.61. The Bertz CT molecular complexity index is 526. The van der Waals surface area contributed by atoms with E-state index < -0.39 is 4.92 Å². The number of anilines is 1. The van der Waals surface area contributed by atoms with Gasteiger partial charge in [0, 0.05) is 24.7 Å². The quantitative estimate of drug-likeness (QED) is 0.493. The van der Waals surface area contributed by atoms with E-state index in [1.165, 1.54) is 25.3 Å². The molecule has 0 amide bonds. The highest BCUT2D eigenvalue weighted by Gasteiger charge is 2.39. The Hall–Kier alpha value is -1.66. The SMILES string of the molecule is CN(Cc1cccc([N+](=O)[O-])c1N)CC1(N(C)C)CCC1. The van der Waals surface area contributed by atoms with Gasteiger partial charge in [-0.2, -0.15) is 0 Å². The number of likely N-dealkylation sites (N-methyl/N-ethyl adjacent to an activating group) is 2. The van der Waals surface area contributed by atoms with Gasteiger partial charge in [0.1, 0.15) is 5.69 Å². The van der Waals surface area contributed by atoms with E-state index in [4.69, 9.17) is 5.73 Å². The van der Waals surface area contributed by atoms with Gasteiger partial charge in [0.25, 0.3) is 5.69 Å². The number of hydrogen-bond acceptors (Lipinski definition) is 5. The summed E-state index contributed by atoms with van der Waals surface area (Å²) in [6.45, 7) is 1.57. The minimum absolute atomic E-state index is 0.00753. The maximum atomic E-state index is 10.9. The van der Waals surface area contributed by atoms with Crippen molar-refractivity contribution in [3.05, 3.63) is 33.9 Å². The molecule has 21 heavy (non-hydrogen) atoms. The van der Waals surface area contributed by atoms with Crippen LogP contribution in [0.4, 0.5) is 11.4 Å². The summed E-state index contributed by atoms with van der Waals surface area (Å²) in [5.74, 6) is 0. The van der Waals surface area contributed by atoms with E-state index >= 15 is 0 Å². The molecule has 0 aromatic heterocycles. The summed E-state index contributed by atoms with van der Waals surface area (Å²) in [7, 11) is 6.28. The lowest BCUT2D eigenvalue weighted by molar-refractivity contribution is -0.384. The standard InChI is InChI=1S/C15H24N4O2/c1-17(2)15(8-5-9-15)11-18(3)10-12-6-4-7-13(14(12)16)19(20)21/h4,6-7H,5,8-11,16H2,1-3H3. The molecule has 6 heteroatoms. The molecule has 0 saturated heterocycles. The number of nitrogens with zero attached hydrogens (tertiary/aromatic N) is 3. The topological polar surface area (TPSA) is 75.6 Å². The van der Waals surface area contributed by atoms with E-state index in [9.17, 15) is 10.1 Å². The summed E-state index contributed by atoms with van der Waals surface area (Å²) in [6, 6.07) is 5.01. The third kappa shape index (κ3) is 3.16. The van der Waals surface area contributed by atoms with E-state index in [0.29, 0.717) is 6.54 Å². The van der Waals surface area contributed by atoms with Crippen LogP contribution in [0.15, 0.2) is 18.2 Å². The van der Waals surface area contributed by atoms with Crippen LogP contribution < -0.4 is 5.73 Å². The smallest absolute Gasteiger partial charge is 0.292 e. The third-order valence-electron chi connectivity index (χ3n) is 4.61. The van der Waals surface area contributed by atoms with Gasteiger partial charge in [-0.3, -0.25) is 10.1 Å². The molecule has 1 fully saturated rings. The van der Waals surface area contributed by atoms with Crippen LogP contribution in [0.25, 0.3) is 0 Å². The molecule has 116 valence electrons. The van der Waals surface area contributed by atoms with Crippen molar-refractivity contribution in [3.8, 4) is 0 Å². The van der Waals surface area contributed by atoms with Crippen molar-refractivity contribution in [3.63, 3.8) is 0 Å². The average Bonchev–Trinajstić information content (AvgIpc) is 2.35. The number of hydrogen-bond donors (Lipinski definition) is 1. The van der Waals surface area contributed by atoms with Gasteiger partial charge in [-0.15, -0.1) is 0 Å². The van der Waals surface area contributed by atoms with Crippen molar-refractivity contribution in [2.75, 3.05) is 33.4 Å². The van der Waals surface area contributed by atoms with Gasteiger partial charge in [0.05, 0.1) is 4.92 Å². The first kappa shape index (κ1) is 15.7. The van der Waals surface area contributed by atoms with Gasteiger partial charge < -0.3 is 15.5 Å². The Morgan fingerprint density at radius 3 is 2.48 bits per heavy atom. The monoisotopic (exact) mass is 292 g/mol. The average molecular weight is 292 g/mol. The number of nitro groups is 1. The molecule has 0 atom stereocenters. The largest absolute Gasteiger partial charge is 0.393 e. The lowest BCUT2D eigenvalue weighted by Gasteiger charge is -2.49. The number of nitrogens with two attached hydrogens (primary N) is 1. The van der Waals surface area contributed by atoms with Gasteiger partial charge in [-0.25, -0.2) is 0 Å². The lowest BCUT2D eigenvalue weighted by Crippen LogP contribution is -2.56. The Morgan fingerprint density at radius 1 is 1.33 bits per heavy atom. The summed E-state index contributed by atoms with van der Waals surface area (Å²) in [6.07, 6.45) is 3.68. The first-order valence-electron chi connectivity index (χ1n) is 7.23. The van der Waals surface area contributed by atoms with Crippen molar-refractivity contribution in [1.82, 2.24) is 9.80 Å². The zero-order valence-electron chi connectivity index (χ0n) is 13.0. The molecule has 0 unspecified atom stereocenters. The summed E-state index contributed by atoms with van der Waals surface area (Å²) < 4.78 is 0. The zero-order valence-corrected chi connectivity index (χ0v) is 13.0. The predicted molar refractivity (Wildman–Crippen MR) is 84.1 cm³/mol. The zero-order chi connectivity index (χ0) is 15.6. The van der Waals surface area contributed by atoms with Gasteiger partial charge in [0.15, 0.2) is 0 Å². The molecule has 2 N–H and O–H groups in total. The molecule has 1 saturated carbocycles. The molecule has 1 aromatic rings. The molecule has 1 aliphatic rings. The Labute approximate surface area is 125 Å². The summed E-state index contributed by atoms with van der Waals surface area (Å²) >= 11 is 0. The van der Waals surface area contributed by atoms with E-state index in [0.717, 1.165) is 12.1 Å². The second kappa shape index (κ2) is 5.99. The number of nitrogen functional groups attached to an aromatic ring is 1. The highest BCUT2D eigenvalue weighted by molar-refractivity contribution is 5.62. The number of para-hydroxylation sites is 1. The van der Waals surface area contributed by atoms with Crippen molar-refractivity contribution >= 4 is 11.4 Å². The molecule has 2 rings (SSSR count). The second-order valence-electron chi connectivity index (χ2n) is 6.25. The van der Waals surface area contributed by atoms with Crippen LogP contribution in [0.5, 0.6) is 0 Å². The minimum atomic E-state index is -0.425. The maximum Gasteiger partial charge on any atom is 0.292 e. The summed E-state index contributed by atoms with van der Waals surface area (Å²) in [5.41, 5.74) is 7.26. The molecule has 0 radical (unpaired) electrons. The van der Waals surface area contributed by atoms with Crippen molar-refractivity contribution in [2.45, 2.75) is 31.3 Å². The first-order chi connectivity index (χ1) is 9.85. The summed E-state index contributed by atoms with van der Waals surface area (Å²) in [5, 5.41) is 10.9. The van der Waals surface area contributed by atoms with E-state index in [1.807, 2.05) is 13.1 Å². The molecule has 6 nitrogen and oxygen atoms in total. The lowest BCUT2D eigenvalue weighted by atomic mass is 9.75. The Balaban J connectivity index is 2.08. The van der Waals surface area contributed by atoms with Crippen LogP contribution in [0.3, 0.4) is 0 Å². The molecule has 0 bridgehead atoms. The predicted octanol–water partition coefficient (Wildman–Crippen LogP) is 2.09. The highest BCUT2D eigenvalue weighted by Crippen LogP contribution is 2.37. The van der Waals surface area contributed by atoms with E-state index in [-0.39, 0.29) is 16.9 Å². The Kier molecular flexibility index (Phi) is 4.49. The van der Waals surface area contributed by atoms with Crippen LogP contribution in [0, 0.1) is 10.1 Å². The normalized spacial score (nSPS) is 17.0. The number of benzene rings is 1. The molecule has 0 spiro atoms. The molecule has 1 aromatic carbocycles. The number of rotatable bonds is 6. The van der Waals surface area contributed by atoms with Crippen LogP contribution in [0.2, 0.25) is 0 Å². The van der Waals surface area contributed by atoms with Crippen molar-refractivity contribution in [1.29, 1.82) is 0 Å². The van der Waals surface area contributed by atoms with E-state index in [2.05, 4.69) is 23.9 Å². The first-order valence-corrected chi connectivity index (χ1v) is 7.23. The maximum absolute atomic E-state index is 10.9. The van der Waals surface area contributed by atoms with Crippen LogP contribution in [0.1, 0.15) is 24.8 Å². The van der Waals surface area contributed by atoms with Crippen LogP contribution in [-0.4, -0.2) is 47.9 Å². The minimum Gasteiger partial charge on any atom is -0.393 e. The molecule has 0 aliphatic heterocycles. The van der Waals surface area contributed by atoms with Gasteiger partial charge in [-0.05, 0) is 46.0 Å². The van der Waals surface area contributed by atoms with Crippen molar-refractivity contribution < 1.29 is 4.92 Å². The van der Waals surface area contributed by atoms with Gasteiger partial charge >= 0.3 is 0 Å². The fraction of sp³-hybridized carbons (Fsp3) is 0.600. The molecular formula is C15H24N4O2. The summed E-state index contributed by atoms with van der Waals surface area (Å²) in [4.78, 5) is 15.0.